The standard InChI is InChI=1S/C22H17N7O/c1-11-16(9-28-21-20(11)25-2-3-26-21)12-4-13-7-19(27-10-17(13)18(24)6-12)29-22(30)15-5-14(15)8-23/h2-4,6-7,9-10,14-15H,5,24H2,1H3,(H,27,29,30)/t14-,15+/m1/s1. The average Bonchev–Trinajstić information content (AvgIpc) is 3.54. The molecular weight excluding hydrogens is 378 g/mol. The molecule has 0 bridgehead atoms. The van der Waals surface area contributed by atoms with Gasteiger partial charge >= 0.3 is 0 Å². The average molecular weight is 395 g/mol. The second-order valence-corrected chi connectivity index (χ2v) is 7.45. The number of hydrogen-bond donors (Lipinski definition) is 2. The minimum absolute atomic E-state index is 0.175. The molecule has 1 fully saturated rings. The Morgan fingerprint density at radius 2 is 2.00 bits per heavy atom. The van der Waals surface area contributed by atoms with Crippen molar-refractivity contribution in [3.63, 3.8) is 0 Å². The lowest BCUT2D eigenvalue weighted by molar-refractivity contribution is -0.117. The van der Waals surface area contributed by atoms with Crippen molar-refractivity contribution in [1.29, 1.82) is 5.26 Å². The Kier molecular flexibility index (Phi) is 4.03. The van der Waals surface area contributed by atoms with Gasteiger partial charge in [-0.15, -0.1) is 0 Å². The predicted molar refractivity (Wildman–Crippen MR) is 113 cm³/mol. The van der Waals surface area contributed by atoms with Gasteiger partial charge in [0.05, 0.1) is 17.9 Å². The number of nitrogens with two attached hydrogens (primary N) is 1. The SMILES string of the molecule is Cc1c(-c2cc(N)c3cnc(NC(=O)[C@H]4C[C@@H]4C#N)cc3c2)cnc2nccnc12. The fraction of sp³-hybridized carbons (Fsp3) is 0.182. The van der Waals surface area contributed by atoms with Crippen LogP contribution in [0.5, 0.6) is 0 Å². The van der Waals surface area contributed by atoms with E-state index in [2.05, 4.69) is 31.3 Å². The number of anilines is 2. The van der Waals surface area contributed by atoms with Crippen molar-refractivity contribution in [2.75, 3.05) is 11.1 Å². The summed E-state index contributed by atoms with van der Waals surface area (Å²) in [6.45, 7) is 1.98. The molecule has 146 valence electrons. The van der Waals surface area contributed by atoms with Crippen LogP contribution in [0.3, 0.4) is 0 Å². The highest BCUT2D eigenvalue weighted by molar-refractivity contribution is 6.00. The molecule has 1 aromatic carbocycles. The fourth-order valence-electron chi connectivity index (χ4n) is 3.69. The molecule has 8 nitrogen and oxygen atoms in total. The molecule has 1 amide bonds. The van der Waals surface area contributed by atoms with Crippen molar-refractivity contribution < 1.29 is 4.79 Å². The molecule has 4 aromatic rings. The molecule has 5 rings (SSSR count). The number of carbonyl (C=O) groups excluding carboxylic acids is 1. The van der Waals surface area contributed by atoms with Crippen molar-refractivity contribution in [2.24, 2.45) is 11.8 Å². The number of nitrogen functional groups attached to an aromatic ring is 1. The summed E-state index contributed by atoms with van der Waals surface area (Å²) < 4.78 is 0. The van der Waals surface area contributed by atoms with Crippen molar-refractivity contribution in [1.82, 2.24) is 19.9 Å². The Labute approximate surface area is 171 Å². The van der Waals surface area contributed by atoms with Gasteiger partial charge in [0, 0.05) is 41.4 Å². The van der Waals surface area contributed by atoms with Gasteiger partial charge in [0.15, 0.2) is 5.65 Å². The van der Waals surface area contributed by atoms with Gasteiger partial charge in [-0.1, -0.05) is 0 Å². The number of pyridine rings is 2. The summed E-state index contributed by atoms with van der Waals surface area (Å²) in [5.74, 6) is -0.187. The summed E-state index contributed by atoms with van der Waals surface area (Å²) >= 11 is 0. The van der Waals surface area contributed by atoms with Crippen LogP contribution < -0.4 is 11.1 Å². The second-order valence-electron chi connectivity index (χ2n) is 7.45. The summed E-state index contributed by atoms with van der Waals surface area (Å²) in [5.41, 5.74) is 11.0. The largest absolute Gasteiger partial charge is 0.398 e. The molecule has 1 aliphatic carbocycles. The maximum Gasteiger partial charge on any atom is 0.230 e. The van der Waals surface area contributed by atoms with E-state index in [9.17, 15) is 4.79 Å². The minimum atomic E-state index is -0.253. The van der Waals surface area contributed by atoms with E-state index < -0.39 is 0 Å². The molecule has 1 aliphatic rings. The van der Waals surface area contributed by atoms with Gasteiger partial charge in [-0.2, -0.15) is 5.26 Å². The van der Waals surface area contributed by atoms with Gasteiger partial charge in [0.2, 0.25) is 5.91 Å². The number of nitriles is 1. The molecule has 3 aromatic heterocycles. The first-order valence-electron chi connectivity index (χ1n) is 9.51. The number of hydrogen-bond acceptors (Lipinski definition) is 7. The number of nitrogens with one attached hydrogen (secondary N) is 1. The van der Waals surface area contributed by atoms with E-state index in [-0.39, 0.29) is 17.7 Å². The van der Waals surface area contributed by atoms with Crippen molar-refractivity contribution in [3.8, 4) is 17.2 Å². The predicted octanol–water partition coefficient (Wildman–Crippen LogP) is 3.23. The normalized spacial score (nSPS) is 17.6. The van der Waals surface area contributed by atoms with Gasteiger partial charge in [-0.3, -0.25) is 9.78 Å². The maximum atomic E-state index is 12.3. The number of aryl methyl sites for hydroxylation is 1. The molecule has 8 heteroatoms. The third kappa shape index (κ3) is 2.97. The summed E-state index contributed by atoms with van der Waals surface area (Å²) in [6, 6.07) is 7.79. The first kappa shape index (κ1) is 17.9. The van der Waals surface area contributed by atoms with E-state index in [0.29, 0.717) is 23.6 Å². The number of rotatable bonds is 3. The van der Waals surface area contributed by atoms with E-state index in [4.69, 9.17) is 11.0 Å². The highest BCUT2D eigenvalue weighted by Crippen LogP contribution is 2.38. The molecule has 0 aliphatic heterocycles. The van der Waals surface area contributed by atoms with Crippen LogP contribution in [0.25, 0.3) is 33.1 Å². The molecule has 0 saturated heterocycles. The van der Waals surface area contributed by atoms with Crippen LogP contribution in [0.2, 0.25) is 0 Å². The maximum absolute atomic E-state index is 12.3. The molecular formula is C22H17N7O. The van der Waals surface area contributed by atoms with Crippen molar-refractivity contribution >= 4 is 39.3 Å². The molecule has 2 atom stereocenters. The van der Waals surface area contributed by atoms with Gasteiger partial charge in [-0.05, 0) is 48.1 Å². The molecule has 30 heavy (non-hydrogen) atoms. The molecule has 1 saturated carbocycles. The smallest absolute Gasteiger partial charge is 0.230 e. The highest BCUT2D eigenvalue weighted by atomic mass is 16.2. The monoisotopic (exact) mass is 395 g/mol. The quantitative estimate of drug-likeness (QED) is 0.509. The number of fused-ring (bicyclic) bond motifs is 2. The third-order valence-corrected chi connectivity index (χ3v) is 5.48. The topological polar surface area (TPSA) is 130 Å². The molecule has 3 N–H and O–H groups in total. The summed E-state index contributed by atoms with van der Waals surface area (Å²) in [6.07, 6.45) is 7.28. The highest BCUT2D eigenvalue weighted by Gasteiger charge is 2.43. The summed E-state index contributed by atoms with van der Waals surface area (Å²) in [5, 5.41) is 13.4. The van der Waals surface area contributed by atoms with Crippen LogP contribution in [-0.2, 0) is 4.79 Å². The van der Waals surface area contributed by atoms with E-state index in [1.54, 1.807) is 30.9 Å². The number of carbonyl (C=O) groups is 1. The minimum Gasteiger partial charge on any atom is -0.398 e. The van der Waals surface area contributed by atoms with Crippen LogP contribution in [0.1, 0.15) is 12.0 Å². The van der Waals surface area contributed by atoms with Crippen LogP contribution in [0.4, 0.5) is 11.5 Å². The van der Waals surface area contributed by atoms with Crippen molar-refractivity contribution in [2.45, 2.75) is 13.3 Å². The zero-order valence-electron chi connectivity index (χ0n) is 16.1. The lowest BCUT2D eigenvalue weighted by Crippen LogP contribution is -2.15. The zero-order chi connectivity index (χ0) is 20.8. The molecule has 0 radical (unpaired) electrons. The Morgan fingerprint density at radius 3 is 2.80 bits per heavy atom. The van der Waals surface area contributed by atoms with Crippen LogP contribution >= 0.6 is 0 Å². The Morgan fingerprint density at radius 1 is 1.17 bits per heavy atom. The fourth-order valence-corrected chi connectivity index (χ4v) is 3.69. The molecule has 3 heterocycles. The van der Waals surface area contributed by atoms with Crippen molar-refractivity contribution in [3.05, 3.63) is 48.5 Å². The lowest BCUT2D eigenvalue weighted by Gasteiger charge is -2.12. The lowest BCUT2D eigenvalue weighted by atomic mass is 9.98. The van der Waals surface area contributed by atoms with Crippen LogP contribution in [-0.4, -0.2) is 25.8 Å². The van der Waals surface area contributed by atoms with Gasteiger partial charge < -0.3 is 11.1 Å². The van der Waals surface area contributed by atoms with E-state index in [1.807, 2.05) is 19.1 Å². The summed E-state index contributed by atoms with van der Waals surface area (Å²) in [7, 11) is 0. The van der Waals surface area contributed by atoms with Crippen LogP contribution in [0.15, 0.2) is 43.0 Å². The van der Waals surface area contributed by atoms with Gasteiger partial charge in [0.25, 0.3) is 0 Å². The van der Waals surface area contributed by atoms with E-state index in [0.717, 1.165) is 33.0 Å². The number of nitrogens with zero attached hydrogens (tertiary/aromatic N) is 5. The number of benzene rings is 1. The molecule has 0 spiro atoms. The van der Waals surface area contributed by atoms with Gasteiger partial charge in [0.1, 0.15) is 11.3 Å². The zero-order valence-corrected chi connectivity index (χ0v) is 16.1. The van der Waals surface area contributed by atoms with Gasteiger partial charge in [-0.25, -0.2) is 15.0 Å². The van der Waals surface area contributed by atoms with Crippen LogP contribution in [0, 0.1) is 30.1 Å². The first-order valence-corrected chi connectivity index (χ1v) is 9.51. The molecule has 0 unspecified atom stereocenters. The number of aromatic nitrogens is 4. The summed E-state index contributed by atoms with van der Waals surface area (Å²) in [4.78, 5) is 29.6. The Bertz CT molecular complexity index is 1380. The third-order valence-electron chi connectivity index (χ3n) is 5.48. The second kappa shape index (κ2) is 6.74. The Balaban J connectivity index is 1.55. The van der Waals surface area contributed by atoms with E-state index >= 15 is 0 Å². The van der Waals surface area contributed by atoms with E-state index in [1.165, 1.54) is 0 Å². The first-order chi connectivity index (χ1) is 14.5. The Hall–Kier alpha value is -4.12. The number of amides is 1.